The molecule has 0 radical (unpaired) electrons. The Balaban J connectivity index is 1.22. The molecule has 0 N–H and O–H groups in total. The van der Waals surface area contributed by atoms with Crippen LogP contribution >= 0.6 is 11.3 Å². The zero-order chi connectivity index (χ0) is 30.2. The predicted octanol–water partition coefficient (Wildman–Crippen LogP) is 11.4. The van der Waals surface area contributed by atoms with Gasteiger partial charge in [0.25, 0.3) is 0 Å². The Morgan fingerprint density at radius 3 is 1.93 bits per heavy atom. The summed E-state index contributed by atoms with van der Waals surface area (Å²) in [6, 6.07) is 48.7. The third kappa shape index (κ3) is 3.96. The summed E-state index contributed by atoms with van der Waals surface area (Å²) in [7, 11) is 0. The van der Waals surface area contributed by atoms with Crippen LogP contribution in [0.1, 0.15) is 0 Å². The van der Waals surface area contributed by atoms with Crippen LogP contribution in [0.5, 0.6) is 0 Å². The number of benzene rings is 7. The molecule has 0 saturated heterocycles. The molecule has 7 aromatic carbocycles. The third-order valence-electron chi connectivity index (χ3n) is 8.88. The maximum absolute atomic E-state index is 6.16. The van der Waals surface area contributed by atoms with Gasteiger partial charge >= 0.3 is 0 Å². The minimum Gasteiger partial charge on any atom is -0.456 e. The largest absolute Gasteiger partial charge is 0.456 e. The number of hydrogen-bond acceptors (Lipinski definition) is 5. The van der Waals surface area contributed by atoms with E-state index in [1.807, 2.05) is 12.1 Å². The highest BCUT2D eigenvalue weighted by Gasteiger charge is 2.18. The van der Waals surface area contributed by atoms with E-state index < -0.39 is 0 Å². The van der Waals surface area contributed by atoms with E-state index in [0.717, 1.165) is 54.8 Å². The van der Waals surface area contributed by atoms with Gasteiger partial charge in [-0.3, -0.25) is 0 Å². The lowest BCUT2D eigenvalue weighted by Crippen LogP contribution is -2.00. The fraction of sp³-hybridized carbons (Fsp3) is 0. The predicted molar refractivity (Wildman–Crippen MR) is 191 cm³/mol. The molecule has 0 aliphatic rings. The summed E-state index contributed by atoms with van der Waals surface area (Å²) >= 11 is 1.80. The first kappa shape index (κ1) is 25.4. The van der Waals surface area contributed by atoms with E-state index in [1.165, 1.54) is 25.6 Å². The second-order valence-electron chi connectivity index (χ2n) is 11.7. The molecule has 4 nitrogen and oxygen atoms in total. The molecule has 0 spiro atoms. The summed E-state index contributed by atoms with van der Waals surface area (Å²) < 4.78 is 8.63. The molecule has 10 aromatic rings. The summed E-state index contributed by atoms with van der Waals surface area (Å²) in [4.78, 5) is 15.4. The van der Waals surface area contributed by atoms with Gasteiger partial charge in [-0.1, -0.05) is 97.1 Å². The van der Waals surface area contributed by atoms with Gasteiger partial charge in [-0.15, -0.1) is 11.3 Å². The van der Waals surface area contributed by atoms with Crippen LogP contribution in [0, 0.1) is 0 Å². The van der Waals surface area contributed by atoms with Gasteiger partial charge in [-0.05, 0) is 64.0 Å². The Morgan fingerprint density at radius 2 is 1.07 bits per heavy atom. The van der Waals surface area contributed by atoms with Crippen molar-refractivity contribution in [1.82, 2.24) is 15.0 Å². The Hall–Kier alpha value is -5.91. The summed E-state index contributed by atoms with van der Waals surface area (Å²) in [6.45, 7) is 0. The zero-order valence-corrected chi connectivity index (χ0v) is 25.3. The van der Waals surface area contributed by atoms with Crippen molar-refractivity contribution in [3.63, 3.8) is 0 Å². The van der Waals surface area contributed by atoms with E-state index in [-0.39, 0.29) is 0 Å². The van der Waals surface area contributed by atoms with Gasteiger partial charge in [0.05, 0.1) is 0 Å². The van der Waals surface area contributed by atoms with E-state index in [0.29, 0.717) is 17.5 Å². The van der Waals surface area contributed by atoms with E-state index in [2.05, 4.69) is 127 Å². The Bertz CT molecular complexity index is 2830. The van der Waals surface area contributed by atoms with Crippen LogP contribution in [0.25, 0.3) is 97.8 Å². The lowest BCUT2D eigenvalue weighted by atomic mass is 10.0. The number of aromatic nitrogens is 3. The van der Waals surface area contributed by atoms with Crippen molar-refractivity contribution in [2.24, 2.45) is 0 Å². The van der Waals surface area contributed by atoms with Crippen LogP contribution < -0.4 is 0 Å². The van der Waals surface area contributed by atoms with Crippen molar-refractivity contribution in [3.8, 4) is 34.2 Å². The molecule has 0 atom stereocenters. The van der Waals surface area contributed by atoms with E-state index in [9.17, 15) is 0 Å². The summed E-state index contributed by atoms with van der Waals surface area (Å²) in [5.74, 6) is 1.96. The van der Waals surface area contributed by atoms with Crippen LogP contribution in [0.3, 0.4) is 0 Å². The van der Waals surface area contributed by atoms with Crippen LogP contribution in [-0.4, -0.2) is 15.0 Å². The highest BCUT2D eigenvalue weighted by Crippen LogP contribution is 2.40. The highest BCUT2D eigenvalue weighted by atomic mass is 32.1. The molecule has 3 heterocycles. The van der Waals surface area contributed by atoms with Gasteiger partial charge in [0.15, 0.2) is 17.5 Å². The average Bonchev–Trinajstić information content (AvgIpc) is 3.68. The number of nitrogens with zero attached hydrogens (tertiary/aromatic N) is 3. The van der Waals surface area contributed by atoms with Crippen molar-refractivity contribution in [2.75, 3.05) is 0 Å². The number of furan rings is 1. The van der Waals surface area contributed by atoms with Gasteiger partial charge in [0, 0.05) is 47.6 Å². The lowest BCUT2D eigenvalue weighted by molar-refractivity contribution is 0.669. The van der Waals surface area contributed by atoms with Crippen LogP contribution in [0.2, 0.25) is 0 Å². The molecule has 0 aliphatic heterocycles. The first-order chi connectivity index (χ1) is 22.7. The average molecular weight is 606 g/mol. The highest BCUT2D eigenvalue weighted by molar-refractivity contribution is 7.25. The van der Waals surface area contributed by atoms with Crippen LogP contribution in [0.4, 0.5) is 0 Å². The number of thiophene rings is 1. The van der Waals surface area contributed by atoms with Crippen LogP contribution in [0.15, 0.2) is 144 Å². The fourth-order valence-corrected chi connectivity index (χ4v) is 7.78. The van der Waals surface area contributed by atoms with Gasteiger partial charge in [-0.2, -0.15) is 0 Å². The fourth-order valence-electron chi connectivity index (χ4n) is 6.65. The molecular weight excluding hydrogens is 583 g/mol. The summed E-state index contributed by atoms with van der Waals surface area (Å²) in [6.07, 6.45) is 0. The first-order valence-electron chi connectivity index (χ1n) is 15.3. The Kier molecular flexibility index (Phi) is 5.41. The number of rotatable bonds is 3. The molecule has 0 unspecified atom stereocenters. The third-order valence-corrected chi connectivity index (χ3v) is 10.0. The molecule has 0 aliphatic carbocycles. The van der Waals surface area contributed by atoms with Crippen molar-refractivity contribution in [2.45, 2.75) is 0 Å². The minimum atomic E-state index is 0.642. The monoisotopic (exact) mass is 605 g/mol. The smallest absolute Gasteiger partial charge is 0.164 e. The van der Waals surface area contributed by atoms with Crippen LogP contribution in [-0.2, 0) is 0 Å². The Labute approximate surface area is 267 Å². The lowest BCUT2D eigenvalue weighted by Gasteiger charge is -2.11. The molecule has 0 saturated carbocycles. The summed E-state index contributed by atoms with van der Waals surface area (Å²) in [5.41, 5.74) is 4.68. The molecular formula is C41H23N3OS. The van der Waals surface area contributed by atoms with Crippen molar-refractivity contribution >= 4 is 75.0 Å². The SMILES string of the molecule is c1ccc2cc(-c3nc(-c4ccc5cc6oc7ccccc7c6cc5c4)nc(-c4cccc5sc6ccccc6c45)n3)ccc2c1. The van der Waals surface area contributed by atoms with Gasteiger partial charge < -0.3 is 4.42 Å². The number of fused-ring (bicyclic) bond motifs is 8. The quantitative estimate of drug-likeness (QED) is 0.201. The van der Waals surface area contributed by atoms with Crippen molar-refractivity contribution < 1.29 is 4.42 Å². The standard InChI is InChI=1S/C41H23N3OS/c1-2-9-25-20-27(18-16-24(25)8-1)39-42-40(44-41(43-39)32-12-7-15-37-38(32)31-11-4-6-14-36(31)46-37)28-19-17-26-23-35-33(22-29(26)21-28)30-10-3-5-13-34(30)45-35/h1-23H. The Morgan fingerprint density at radius 1 is 0.413 bits per heavy atom. The van der Waals surface area contributed by atoms with Gasteiger partial charge in [0.1, 0.15) is 11.2 Å². The molecule has 0 fully saturated rings. The maximum Gasteiger partial charge on any atom is 0.164 e. The molecule has 5 heteroatoms. The molecule has 214 valence electrons. The van der Waals surface area contributed by atoms with Gasteiger partial charge in [-0.25, -0.2) is 15.0 Å². The molecule has 0 amide bonds. The zero-order valence-electron chi connectivity index (χ0n) is 24.4. The summed E-state index contributed by atoms with van der Waals surface area (Å²) in [5, 5.41) is 9.16. The molecule has 3 aromatic heterocycles. The second kappa shape index (κ2) is 9.80. The minimum absolute atomic E-state index is 0.642. The molecule has 0 bridgehead atoms. The molecule has 10 rings (SSSR count). The van der Waals surface area contributed by atoms with Crippen molar-refractivity contribution in [1.29, 1.82) is 0 Å². The van der Waals surface area contributed by atoms with Gasteiger partial charge in [0.2, 0.25) is 0 Å². The number of hydrogen-bond donors (Lipinski definition) is 0. The normalized spacial score (nSPS) is 11.9. The van der Waals surface area contributed by atoms with Crippen molar-refractivity contribution in [3.05, 3.63) is 140 Å². The molecule has 46 heavy (non-hydrogen) atoms. The topological polar surface area (TPSA) is 51.8 Å². The second-order valence-corrected chi connectivity index (χ2v) is 12.7. The number of para-hydroxylation sites is 1. The van der Waals surface area contributed by atoms with E-state index in [1.54, 1.807) is 11.3 Å². The van der Waals surface area contributed by atoms with E-state index >= 15 is 0 Å². The van der Waals surface area contributed by atoms with E-state index in [4.69, 9.17) is 19.4 Å². The first-order valence-corrected chi connectivity index (χ1v) is 16.1. The maximum atomic E-state index is 6.16.